The van der Waals surface area contributed by atoms with Crippen LogP contribution in [-0.2, 0) is 0 Å². The first-order valence-electron chi connectivity index (χ1n) is 6.20. The lowest BCUT2D eigenvalue weighted by Crippen LogP contribution is -2.24. The van der Waals surface area contributed by atoms with Crippen molar-refractivity contribution in [3.8, 4) is 5.75 Å². The molecule has 7 heteroatoms. The lowest BCUT2D eigenvalue weighted by Gasteiger charge is -2.12. The highest BCUT2D eigenvalue weighted by Gasteiger charge is 2.21. The highest BCUT2D eigenvalue weighted by molar-refractivity contribution is 9.12. The van der Waals surface area contributed by atoms with E-state index < -0.39 is 0 Å². The van der Waals surface area contributed by atoms with Crippen molar-refractivity contribution in [3.63, 3.8) is 0 Å². The van der Waals surface area contributed by atoms with Crippen molar-refractivity contribution in [1.29, 1.82) is 0 Å². The van der Waals surface area contributed by atoms with Gasteiger partial charge in [-0.25, -0.2) is 0 Å². The molecule has 0 bridgehead atoms. The molecule has 1 aromatic heterocycles. The number of hydrogen-bond donors (Lipinski definition) is 1. The van der Waals surface area contributed by atoms with Crippen LogP contribution < -0.4 is 10.1 Å². The van der Waals surface area contributed by atoms with Gasteiger partial charge in [-0.1, -0.05) is 6.07 Å². The summed E-state index contributed by atoms with van der Waals surface area (Å²) in [5.41, 5.74) is 2.37. The van der Waals surface area contributed by atoms with Gasteiger partial charge in [-0.05, 0) is 55.6 Å². The number of benzene rings is 1. The largest absolute Gasteiger partial charge is 0.491 e. The summed E-state index contributed by atoms with van der Waals surface area (Å²) >= 11 is 15.1. The number of amides is 1. The Hall–Kier alpha value is -0.560. The Labute approximate surface area is 147 Å². The quantitative estimate of drug-likeness (QED) is 0.671. The molecule has 0 radical (unpaired) electrons. The Morgan fingerprint density at radius 2 is 2.14 bits per heavy atom. The SMILES string of the molecule is O=C1NCCOc2ccc(C(Cl)c3cc(Br)sc3Br)cc21. The lowest BCUT2D eigenvalue weighted by atomic mass is 10.0. The van der Waals surface area contributed by atoms with Crippen molar-refractivity contribution < 1.29 is 9.53 Å². The van der Waals surface area contributed by atoms with Crippen molar-refractivity contribution in [2.24, 2.45) is 0 Å². The van der Waals surface area contributed by atoms with Crippen LogP contribution in [-0.4, -0.2) is 19.1 Å². The Morgan fingerprint density at radius 3 is 2.86 bits per heavy atom. The molecule has 3 rings (SSSR count). The molecule has 21 heavy (non-hydrogen) atoms. The minimum atomic E-state index is -0.330. The average molecular weight is 452 g/mol. The lowest BCUT2D eigenvalue weighted by molar-refractivity contribution is 0.0957. The fourth-order valence-corrected chi connectivity index (χ4v) is 5.54. The maximum absolute atomic E-state index is 12.0. The third-order valence-corrected chi connectivity index (χ3v) is 6.02. The smallest absolute Gasteiger partial charge is 0.255 e. The van der Waals surface area contributed by atoms with Crippen LogP contribution in [0.15, 0.2) is 31.8 Å². The van der Waals surface area contributed by atoms with Crippen molar-refractivity contribution in [2.45, 2.75) is 5.38 Å². The number of ether oxygens (including phenoxy) is 1. The molecule has 0 aliphatic carbocycles. The van der Waals surface area contributed by atoms with E-state index >= 15 is 0 Å². The normalized spacial score (nSPS) is 15.7. The van der Waals surface area contributed by atoms with Crippen molar-refractivity contribution in [2.75, 3.05) is 13.2 Å². The summed E-state index contributed by atoms with van der Waals surface area (Å²) in [4.78, 5) is 12.0. The van der Waals surface area contributed by atoms with Gasteiger partial charge in [0.2, 0.25) is 0 Å². The molecule has 0 saturated carbocycles. The molecule has 1 unspecified atom stereocenters. The van der Waals surface area contributed by atoms with E-state index in [-0.39, 0.29) is 11.3 Å². The van der Waals surface area contributed by atoms with Crippen molar-refractivity contribution >= 4 is 60.7 Å². The summed E-state index contributed by atoms with van der Waals surface area (Å²) in [6.45, 7) is 0.988. The molecule has 0 spiro atoms. The molecular weight excluding hydrogens is 441 g/mol. The fourth-order valence-electron chi connectivity index (χ4n) is 2.13. The Morgan fingerprint density at radius 1 is 1.33 bits per heavy atom. The molecular formula is C14H10Br2ClNO2S. The van der Waals surface area contributed by atoms with E-state index in [1.54, 1.807) is 23.5 Å². The van der Waals surface area contributed by atoms with Crippen LogP contribution in [0, 0.1) is 0 Å². The third kappa shape index (κ3) is 3.13. The predicted octanol–water partition coefficient (Wildman–Crippen LogP) is 4.72. The van der Waals surface area contributed by atoms with Gasteiger partial charge in [-0.2, -0.15) is 0 Å². The number of carbonyl (C=O) groups excluding carboxylic acids is 1. The van der Waals surface area contributed by atoms with Gasteiger partial charge < -0.3 is 10.1 Å². The van der Waals surface area contributed by atoms with E-state index in [0.717, 1.165) is 18.7 Å². The number of carbonyl (C=O) groups is 1. The number of fused-ring (bicyclic) bond motifs is 1. The highest BCUT2D eigenvalue weighted by Crippen LogP contribution is 2.41. The molecule has 1 atom stereocenters. The Bertz CT molecular complexity index is 704. The van der Waals surface area contributed by atoms with Crippen LogP contribution in [0.4, 0.5) is 0 Å². The van der Waals surface area contributed by atoms with Crippen LogP contribution in [0.1, 0.15) is 26.9 Å². The molecule has 3 nitrogen and oxygen atoms in total. The standard InChI is InChI=1S/C14H10Br2ClNO2S/c15-11-6-9(13(16)21-11)12(17)7-1-2-10-8(5-7)14(19)18-3-4-20-10/h1-2,5-6,12H,3-4H2,(H,18,19). The van der Waals surface area contributed by atoms with Crippen molar-refractivity contribution in [1.82, 2.24) is 5.32 Å². The molecule has 2 heterocycles. The van der Waals surface area contributed by atoms with Crippen LogP contribution in [0.5, 0.6) is 5.75 Å². The molecule has 110 valence electrons. The summed E-state index contributed by atoms with van der Waals surface area (Å²) in [6, 6.07) is 7.48. The van der Waals surface area contributed by atoms with Gasteiger partial charge in [0, 0.05) is 5.56 Å². The van der Waals surface area contributed by atoms with Crippen LogP contribution in [0.2, 0.25) is 0 Å². The minimum Gasteiger partial charge on any atom is -0.491 e. The second kappa shape index (κ2) is 6.28. The second-order valence-electron chi connectivity index (χ2n) is 4.50. The average Bonchev–Trinajstić information content (AvgIpc) is 2.69. The van der Waals surface area contributed by atoms with Crippen LogP contribution >= 0.6 is 54.8 Å². The van der Waals surface area contributed by atoms with Gasteiger partial charge in [0.15, 0.2) is 0 Å². The second-order valence-corrected chi connectivity index (χ2v) is 8.69. The number of nitrogens with one attached hydrogen (secondary N) is 1. The molecule has 1 aromatic carbocycles. The first-order valence-corrected chi connectivity index (χ1v) is 9.04. The Kier molecular flexibility index (Phi) is 4.59. The number of thiophene rings is 1. The maximum Gasteiger partial charge on any atom is 0.255 e. The summed E-state index contributed by atoms with van der Waals surface area (Å²) in [7, 11) is 0. The number of halogens is 3. The van der Waals surface area contributed by atoms with Gasteiger partial charge in [-0.15, -0.1) is 22.9 Å². The van der Waals surface area contributed by atoms with E-state index in [0.29, 0.717) is 24.5 Å². The zero-order valence-electron chi connectivity index (χ0n) is 10.7. The summed E-state index contributed by atoms with van der Waals surface area (Å²) in [6.07, 6.45) is 0. The maximum atomic E-state index is 12.0. The molecule has 0 fully saturated rings. The molecule has 0 saturated heterocycles. The van der Waals surface area contributed by atoms with Crippen molar-refractivity contribution in [3.05, 3.63) is 48.5 Å². The third-order valence-electron chi connectivity index (χ3n) is 3.14. The van der Waals surface area contributed by atoms with Gasteiger partial charge in [0.25, 0.3) is 5.91 Å². The van der Waals surface area contributed by atoms with Gasteiger partial charge in [-0.3, -0.25) is 4.79 Å². The minimum absolute atomic E-state index is 0.126. The fraction of sp³-hybridized carbons (Fsp3) is 0.214. The molecule has 2 aromatic rings. The summed E-state index contributed by atoms with van der Waals surface area (Å²) in [5.74, 6) is 0.474. The van der Waals surface area contributed by atoms with Crippen LogP contribution in [0.3, 0.4) is 0 Å². The number of hydrogen-bond acceptors (Lipinski definition) is 3. The zero-order valence-corrected chi connectivity index (χ0v) is 15.4. The molecule has 1 amide bonds. The van der Waals surface area contributed by atoms with Gasteiger partial charge in [0.1, 0.15) is 12.4 Å². The van der Waals surface area contributed by atoms with E-state index in [4.69, 9.17) is 16.3 Å². The zero-order chi connectivity index (χ0) is 15.0. The highest BCUT2D eigenvalue weighted by atomic mass is 79.9. The van der Waals surface area contributed by atoms with E-state index in [1.165, 1.54) is 0 Å². The van der Waals surface area contributed by atoms with Gasteiger partial charge in [0.05, 0.1) is 25.1 Å². The molecule has 1 aliphatic heterocycles. The predicted molar refractivity (Wildman–Crippen MR) is 91.7 cm³/mol. The summed E-state index contributed by atoms with van der Waals surface area (Å²) < 4.78 is 7.53. The monoisotopic (exact) mass is 449 g/mol. The van der Waals surface area contributed by atoms with E-state index in [9.17, 15) is 4.79 Å². The van der Waals surface area contributed by atoms with Crippen LogP contribution in [0.25, 0.3) is 0 Å². The molecule has 1 aliphatic rings. The topological polar surface area (TPSA) is 38.3 Å². The van der Waals surface area contributed by atoms with E-state index in [2.05, 4.69) is 37.2 Å². The number of rotatable bonds is 2. The first-order chi connectivity index (χ1) is 10.1. The molecule has 1 N–H and O–H groups in total. The van der Waals surface area contributed by atoms with Gasteiger partial charge >= 0.3 is 0 Å². The number of alkyl halides is 1. The Balaban J connectivity index is 2.00. The van der Waals surface area contributed by atoms with E-state index in [1.807, 2.05) is 12.1 Å². The summed E-state index contributed by atoms with van der Waals surface area (Å²) in [5, 5.41) is 2.47. The first kappa shape index (κ1) is 15.3.